The third-order valence-corrected chi connectivity index (χ3v) is 2.86. The van der Waals surface area contributed by atoms with E-state index in [0.29, 0.717) is 6.42 Å². The minimum atomic E-state index is -0.538. The topological polar surface area (TPSA) is 44.0 Å². The standard InChI is InChI=1S/C14H19NO/c1-3-9-14(11-15,10-12(2)16)13-7-5-4-6-8-13/h4-8,12,16H,3,9-10H2,1-2H3/t12-,14+/m1/s1. The van der Waals surface area contributed by atoms with E-state index in [4.69, 9.17) is 0 Å². The van der Waals surface area contributed by atoms with E-state index in [2.05, 4.69) is 13.0 Å². The van der Waals surface area contributed by atoms with Gasteiger partial charge in [0.2, 0.25) is 0 Å². The van der Waals surface area contributed by atoms with E-state index < -0.39 is 11.5 Å². The minimum absolute atomic E-state index is 0.452. The molecule has 0 aliphatic carbocycles. The van der Waals surface area contributed by atoms with Gasteiger partial charge in [-0.2, -0.15) is 5.26 Å². The number of hydrogen-bond donors (Lipinski definition) is 1. The van der Waals surface area contributed by atoms with Crippen LogP contribution in [0.15, 0.2) is 30.3 Å². The van der Waals surface area contributed by atoms with E-state index in [0.717, 1.165) is 18.4 Å². The molecule has 16 heavy (non-hydrogen) atoms. The Kier molecular flexibility index (Phi) is 4.52. The highest BCUT2D eigenvalue weighted by atomic mass is 16.3. The summed E-state index contributed by atoms with van der Waals surface area (Å²) in [4.78, 5) is 0. The summed E-state index contributed by atoms with van der Waals surface area (Å²) in [5.74, 6) is 0. The molecule has 0 saturated heterocycles. The molecular weight excluding hydrogens is 198 g/mol. The Morgan fingerprint density at radius 1 is 1.38 bits per heavy atom. The van der Waals surface area contributed by atoms with Crippen LogP contribution in [0.2, 0.25) is 0 Å². The molecule has 0 heterocycles. The second-order valence-electron chi connectivity index (χ2n) is 4.36. The highest BCUT2D eigenvalue weighted by Crippen LogP contribution is 2.33. The van der Waals surface area contributed by atoms with Crippen molar-refractivity contribution in [3.05, 3.63) is 35.9 Å². The van der Waals surface area contributed by atoms with Crippen molar-refractivity contribution in [3.8, 4) is 6.07 Å². The highest BCUT2D eigenvalue weighted by molar-refractivity contribution is 5.32. The van der Waals surface area contributed by atoms with Gasteiger partial charge < -0.3 is 5.11 Å². The molecule has 0 spiro atoms. The molecule has 0 amide bonds. The molecule has 2 nitrogen and oxygen atoms in total. The Morgan fingerprint density at radius 3 is 2.44 bits per heavy atom. The fraction of sp³-hybridized carbons (Fsp3) is 0.500. The van der Waals surface area contributed by atoms with Gasteiger partial charge in [0.25, 0.3) is 0 Å². The van der Waals surface area contributed by atoms with Crippen molar-refractivity contribution >= 4 is 0 Å². The first-order valence-corrected chi connectivity index (χ1v) is 5.79. The maximum absolute atomic E-state index is 9.56. The van der Waals surface area contributed by atoms with Crippen LogP contribution in [-0.4, -0.2) is 11.2 Å². The average Bonchev–Trinajstić information content (AvgIpc) is 2.29. The van der Waals surface area contributed by atoms with Crippen molar-refractivity contribution < 1.29 is 5.11 Å². The van der Waals surface area contributed by atoms with Crippen molar-refractivity contribution in [1.82, 2.24) is 0 Å². The van der Waals surface area contributed by atoms with Gasteiger partial charge in [-0.3, -0.25) is 0 Å². The third kappa shape index (κ3) is 2.84. The molecular formula is C14H19NO. The third-order valence-electron chi connectivity index (χ3n) is 2.86. The lowest BCUT2D eigenvalue weighted by molar-refractivity contribution is 0.158. The van der Waals surface area contributed by atoms with Gasteiger partial charge in [-0.05, 0) is 25.3 Å². The van der Waals surface area contributed by atoms with E-state index in [1.54, 1.807) is 6.92 Å². The highest BCUT2D eigenvalue weighted by Gasteiger charge is 2.32. The van der Waals surface area contributed by atoms with Crippen LogP contribution >= 0.6 is 0 Å². The molecule has 0 aromatic heterocycles. The van der Waals surface area contributed by atoms with E-state index in [1.807, 2.05) is 30.3 Å². The van der Waals surface area contributed by atoms with E-state index in [-0.39, 0.29) is 0 Å². The summed E-state index contributed by atoms with van der Waals surface area (Å²) in [6.45, 7) is 3.81. The van der Waals surface area contributed by atoms with Gasteiger partial charge in [0.15, 0.2) is 0 Å². The van der Waals surface area contributed by atoms with Crippen LogP contribution in [-0.2, 0) is 5.41 Å². The zero-order valence-corrected chi connectivity index (χ0v) is 9.98. The van der Waals surface area contributed by atoms with Crippen LogP contribution in [0.25, 0.3) is 0 Å². The summed E-state index contributed by atoms with van der Waals surface area (Å²) >= 11 is 0. The molecule has 0 radical (unpaired) electrons. The number of rotatable bonds is 5. The van der Waals surface area contributed by atoms with Gasteiger partial charge in [-0.25, -0.2) is 0 Å². The maximum atomic E-state index is 9.56. The van der Waals surface area contributed by atoms with Gasteiger partial charge in [-0.15, -0.1) is 0 Å². The van der Waals surface area contributed by atoms with Crippen LogP contribution < -0.4 is 0 Å². The number of hydrogen-bond acceptors (Lipinski definition) is 2. The number of nitriles is 1. The van der Waals surface area contributed by atoms with Gasteiger partial charge >= 0.3 is 0 Å². The Morgan fingerprint density at radius 2 is 2.00 bits per heavy atom. The van der Waals surface area contributed by atoms with E-state index >= 15 is 0 Å². The normalized spacial score (nSPS) is 16.1. The van der Waals surface area contributed by atoms with Crippen LogP contribution in [0.5, 0.6) is 0 Å². The van der Waals surface area contributed by atoms with Crippen molar-refractivity contribution in [2.45, 2.75) is 44.6 Å². The van der Waals surface area contributed by atoms with Crippen LogP contribution in [0.1, 0.15) is 38.7 Å². The predicted octanol–water partition coefficient (Wildman–Crippen LogP) is 3.02. The molecule has 0 unspecified atom stereocenters. The molecule has 86 valence electrons. The van der Waals surface area contributed by atoms with Crippen molar-refractivity contribution in [2.24, 2.45) is 0 Å². The van der Waals surface area contributed by atoms with E-state index in [1.165, 1.54) is 0 Å². The number of aliphatic hydroxyl groups is 1. The zero-order chi connectivity index (χ0) is 12.0. The molecule has 1 aromatic rings. The summed E-state index contributed by atoms with van der Waals surface area (Å²) in [5, 5.41) is 19.0. The van der Waals surface area contributed by atoms with E-state index in [9.17, 15) is 10.4 Å². The molecule has 0 saturated carbocycles. The lowest BCUT2D eigenvalue weighted by Crippen LogP contribution is -2.28. The Balaban J connectivity index is 3.08. The van der Waals surface area contributed by atoms with Gasteiger partial charge in [-0.1, -0.05) is 43.7 Å². The quantitative estimate of drug-likeness (QED) is 0.824. The molecule has 1 rings (SSSR count). The summed E-state index contributed by atoms with van der Waals surface area (Å²) < 4.78 is 0. The first-order valence-electron chi connectivity index (χ1n) is 5.79. The van der Waals surface area contributed by atoms with Gasteiger partial charge in [0.05, 0.1) is 17.6 Å². The smallest absolute Gasteiger partial charge is 0.0846 e. The minimum Gasteiger partial charge on any atom is -0.393 e. The fourth-order valence-corrected chi connectivity index (χ4v) is 2.22. The van der Waals surface area contributed by atoms with Crippen molar-refractivity contribution in [3.63, 3.8) is 0 Å². The summed E-state index contributed by atoms with van der Waals surface area (Å²) in [6, 6.07) is 12.2. The number of benzene rings is 1. The first-order chi connectivity index (χ1) is 7.64. The van der Waals surface area contributed by atoms with Crippen LogP contribution in [0.3, 0.4) is 0 Å². The molecule has 0 fully saturated rings. The average molecular weight is 217 g/mol. The zero-order valence-electron chi connectivity index (χ0n) is 9.98. The molecule has 2 heteroatoms. The summed E-state index contributed by atoms with van der Waals surface area (Å²) in [7, 11) is 0. The molecule has 0 aliphatic rings. The largest absolute Gasteiger partial charge is 0.393 e. The molecule has 0 bridgehead atoms. The monoisotopic (exact) mass is 217 g/mol. The number of aliphatic hydroxyl groups excluding tert-OH is 1. The van der Waals surface area contributed by atoms with Crippen molar-refractivity contribution in [1.29, 1.82) is 5.26 Å². The lowest BCUT2D eigenvalue weighted by Gasteiger charge is -2.28. The van der Waals surface area contributed by atoms with Crippen LogP contribution in [0.4, 0.5) is 0 Å². The Labute approximate surface area is 97.5 Å². The Hall–Kier alpha value is -1.33. The molecule has 2 atom stereocenters. The SMILES string of the molecule is CCC[C@@](C#N)(C[C@@H](C)O)c1ccccc1. The summed E-state index contributed by atoms with van der Waals surface area (Å²) in [6.07, 6.45) is 1.78. The summed E-state index contributed by atoms with van der Waals surface area (Å²) in [5.41, 5.74) is 0.477. The number of nitrogens with zero attached hydrogens (tertiary/aromatic N) is 1. The van der Waals surface area contributed by atoms with Crippen LogP contribution in [0, 0.1) is 11.3 Å². The Bertz CT molecular complexity index is 353. The fourth-order valence-electron chi connectivity index (χ4n) is 2.22. The molecule has 1 aromatic carbocycles. The lowest BCUT2D eigenvalue weighted by atomic mass is 9.74. The van der Waals surface area contributed by atoms with Crippen molar-refractivity contribution in [2.75, 3.05) is 0 Å². The first kappa shape index (κ1) is 12.7. The van der Waals surface area contributed by atoms with Gasteiger partial charge in [0, 0.05) is 0 Å². The molecule has 1 N–H and O–H groups in total. The van der Waals surface area contributed by atoms with Gasteiger partial charge in [0.1, 0.15) is 0 Å². The molecule has 0 aliphatic heterocycles. The second-order valence-corrected chi connectivity index (χ2v) is 4.36. The predicted molar refractivity (Wildman–Crippen MR) is 64.9 cm³/mol. The maximum Gasteiger partial charge on any atom is 0.0846 e. The second kappa shape index (κ2) is 5.67.